The second kappa shape index (κ2) is 9.18. The number of amides is 1. The summed E-state index contributed by atoms with van der Waals surface area (Å²) in [5, 5.41) is 11.1. The van der Waals surface area contributed by atoms with Gasteiger partial charge in [-0.05, 0) is 42.9 Å². The van der Waals surface area contributed by atoms with E-state index in [0.29, 0.717) is 10.9 Å². The molecule has 0 aliphatic heterocycles. The van der Waals surface area contributed by atoms with E-state index in [-0.39, 0.29) is 5.91 Å². The first-order chi connectivity index (χ1) is 13.0. The SMILES string of the molecule is CCSc1nnc(SCc2csc(N(C(C)=O)c3ccc(C)c(C)c3)n2)s1. The van der Waals surface area contributed by atoms with E-state index in [1.165, 1.54) is 16.9 Å². The molecule has 1 amide bonds. The summed E-state index contributed by atoms with van der Waals surface area (Å²) < 4.78 is 1.94. The van der Waals surface area contributed by atoms with Crippen LogP contribution in [0.15, 0.2) is 32.3 Å². The Morgan fingerprint density at radius 1 is 1.15 bits per heavy atom. The topological polar surface area (TPSA) is 59.0 Å². The average molecular weight is 437 g/mol. The Morgan fingerprint density at radius 3 is 2.56 bits per heavy atom. The summed E-state index contributed by atoms with van der Waals surface area (Å²) in [6, 6.07) is 6.03. The number of carbonyl (C=O) groups excluding carboxylic acids is 1. The monoisotopic (exact) mass is 436 g/mol. The highest BCUT2D eigenvalue weighted by Crippen LogP contribution is 2.34. The number of aromatic nitrogens is 3. The summed E-state index contributed by atoms with van der Waals surface area (Å²) in [4.78, 5) is 18.6. The zero-order valence-corrected chi connectivity index (χ0v) is 18.8. The maximum atomic E-state index is 12.3. The minimum Gasteiger partial charge on any atom is -0.274 e. The van der Waals surface area contributed by atoms with Gasteiger partial charge in [0, 0.05) is 18.1 Å². The molecule has 27 heavy (non-hydrogen) atoms. The predicted molar refractivity (Wildman–Crippen MR) is 117 cm³/mol. The van der Waals surface area contributed by atoms with Crippen LogP contribution in [-0.2, 0) is 10.5 Å². The molecule has 0 N–H and O–H groups in total. The average Bonchev–Trinajstić information content (AvgIpc) is 3.26. The Hall–Kier alpha value is -1.42. The lowest BCUT2D eigenvalue weighted by atomic mass is 10.1. The van der Waals surface area contributed by atoms with Crippen LogP contribution in [-0.4, -0.2) is 26.8 Å². The van der Waals surface area contributed by atoms with Crippen molar-refractivity contribution in [2.24, 2.45) is 0 Å². The van der Waals surface area contributed by atoms with E-state index in [4.69, 9.17) is 0 Å². The molecule has 0 radical (unpaired) electrons. The molecule has 0 saturated carbocycles. The van der Waals surface area contributed by atoms with Crippen LogP contribution in [0.5, 0.6) is 0 Å². The van der Waals surface area contributed by atoms with Crippen LogP contribution in [0.4, 0.5) is 10.8 Å². The Morgan fingerprint density at radius 2 is 1.89 bits per heavy atom. The predicted octanol–water partition coefficient (Wildman–Crippen LogP) is 5.70. The van der Waals surface area contributed by atoms with E-state index in [1.54, 1.807) is 46.7 Å². The highest BCUT2D eigenvalue weighted by molar-refractivity contribution is 8.02. The first-order valence-electron chi connectivity index (χ1n) is 8.39. The van der Waals surface area contributed by atoms with Gasteiger partial charge >= 0.3 is 0 Å². The Kier molecular flexibility index (Phi) is 6.91. The molecule has 0 unspecified atom stereocenters. The summed E-state index contributed by atoms with van der Waals surface area (Å²) in [5.74, 6) is 1.66. The van der Waals surface area contributed by atoms with Gasteiger partial charge in [-0.1, -0.05) is 47.9 Å². The molecule has 1 aromatic carbocycles. The molecular formula is C18H20N4OS4. The van der Waals surface area contributed by atoms with Crippen molar-refractivity contribution < 1.29 is 4.79 Å². The zero-order valence-electron chi connectivity index (χ0n) is 15.6. The lowest BCUT2D eigenvalue weighted by molar-refractivity contribution is -0.115. The zero-order chi connectivity index (χ0) is 19.4. The fraction of sp³-hybridized carbons (Fsp3) is 0.333. The summed E-state index contributed by atoms with van der Waals surface area (Å²) in [7, 11) is 0. The minimum absolute atomic E-state index is 0.0443. The number of hydrogen-bond acceptors (Lipinski definition) is 8. The first-order valence-corrected chi connectivity index (χ1v) is 12.1. The molecule has 142 valence electrons. The minimum atomic E-state index is -0.0443. The number of benzene rings is 1. The van der Waals surface area contributed by atoms with E-state index in [0.717, 1.165) is 31.4 Å². The highest BCUT2D eigenvalue weighted by atomic mass is 32.2. The fourth-order valence-corrected chi connectivity index (χ4v) is 6.13. The molecule has 0 atom stereocenters. The van der Waals surface area contributed by atoms with Gasteiger partial charge < -0.3 is 0 Å². The van der Waals surface area contributed by atoms with Crippen LogP contribution >= 0.6 is 46.2 Å². The third kappa shape index (κ3) is 5.10. The second-order valence-corrected chi connectivity index (χ2v) is 10.3. The van der Waals surface area contributed by atoms with Gasteiger partial charge in [-0.2, -0.15) is 0 Å². The standard InChI is InChI=1S/C18H20N4OS4/c1-5-24-17-20-21-18(27-17)26-10-14-9-25-16(19-14)22(13(4)23)15-7-6-11(2)12(3)8-15/h6-9H,5,10H2,1-4H3. The summed E-state index contributed by atoms with van der Waals surface area (Å²) >= 11 is 6.42. The van der Waals surface area contributed by atoms with Crippen LogP contribution in [0, 0.1) is 13.8 Å². The Labute approximate surface area is 175 Å². The quantitative estimate of drug-likeness (QED) is 0.443. The number of aryl methyl sites for hydroxylation is 2. The molecule has 3 rings (SSSR count). The van der Waals surface area contributed by atoms with Gasteiger partial charge in [0.05, 0.1) is 11.4 Å². The van der Waals surface area contributed by atoms with Crippen molar-refractivity contribution in [3.05, 3.63) is 40.4 Å². The summed E-state index contributed by atoms with van der Waals surface area (Å²) in [6.45, 7) is 7.78. The van der Waals surface area contributed by atoms with Crippen LogP contribution in [0.3, 0.4) is 0 Å². The smallest absolute Gasteiger partial charge is 0.230 e. The van der Waals surface area contributed by atoms with Crippen LogP contribution < -0.4 is 4.90 Å². The molecule has 0 saturated heterocycles. The molecule has 0 aliphatic carbocycles. The van der Waals surface area contributed by atoms with Crippen molar-refractivity contribution >= 4 is 62.9 Å². The maximum absolute atomic E-state index is 12.3. The van der Waals surface area contributed by atoms with E-state index in [1.807, 2.05) is 30.5 Å². The van der Waals surface area contributed by atoms with Crippen molar-refractivity contribution in [2.75, 3.05) is 10.7 Å². The number of nitrogens with zero attached hydrogens (tertiary/aromatic N) is 4. The first kappa shape index (κ1) is 20.3. The largest absolute Gasteiger partial charge is 0.274 e. The van der Waals surface area contributed by atoms with Crippen molar-refractivity contribution in [2.45, 2.75) is 42.1 Å². The number of thiazole rings is 1. The second-order valence-electron chi connectivity index (χ2n) is 5.80. The Bertz CT molecular complexity index is 937. The number of thioether (sulfide) groups is 2. The van der Waals surface area contributed by atoms with Gasteiger partial charge in [-0.3, -0.25) is 9.69 Å². The molecule has 0 fully saturated rings. The lowest BCUT2D eigenvalue weighted by Crippen LogP contribution is -2.22. The van der Waals surface area contributed by atoms with Crippen molar-refractivity contribution in [3.63, 3.8) is 0 Å². The Balaban J connectivity index is 1.73. The van der Waals surface area contributed by atoms with Crippen LogP contribution in [0.1, 0.15) is 30.7 Å². The lowest BCUT2D eigenvalue weighted by Gasteiger charge is -2.19. The normalized spacial score (nSPS) is 11.0. The molecule has 2 aromatic heterocycles. The number of hydrogen-bond donors (Lipinski definition) is 0. The van der Waals surface area contributed by atoms with E-state index in [9.17, 15) is 4.79 Å². The van der Waals surface area contributed by atoms with Crippen molar-refractivity contribution in [3.8, 4) is 0 Å². The van der Waals surface area contributed by atoms with E-state index < -0.39 is 0 Å². The summed E-state index contributed by atoms with van der Waals surface area (Å²) in [5.41, 5.74) is 4.15. The number of anilines is 2. The van der Waals surface area contributed by atoms with Crippen LogP contribution in [0.25, 0.3) is 0 Å². The van der Waals surface area contributed by atoms with Gasteiger partial charge in [0.2, 0.25) is 5.91 Å². The van der Waals surface area contributed by atoms with Gasteiger partial charge in [0.15, 0.2) is 13.8 Å². The maximum Gasteiger partial charge on any atom is 0.230 e. The van der Waals surface area contributed by atoms with Crippen LogP contribution in [0.2, 0.25) is 0 Å². The van der Waals surface area contributed by atoms with Gasteiger partial charge in [-0.15, -0.1) is 21.5 Å². The summed E-state index contributed by atoms with van der Waals surface area (Å²) in [6.07, 6.45) is 0. The molecule has 3 aromatic rings. The third-order valence-electron chi connectivity index (χ3n) is 3.79. The molecule has 2 heterocycles. The third-order valence-corrected chi connectivity index (χ3v) is 7.77. The van der Waals surface area contributed by atoms with Gasteiger partial charge in [0.1, 0.15) is 0 Å². The number of carbonyl (C=O) groups is 1. The molecule has 0 bridgehead atoms. The van der Waals surface area contributed by atoms with Gasteiger partial charge in [0.25, 0.3) is 0 Å². The van der Waals surface area contributed by atoms with E-state index in [2.05, 4.69) is 29.0 Å². The highest BCUT2D eigenvalue weighted by Gasteiger charge is 2.18. The van der Waals surface area contributed by atoms with E-state index >= 15 is 0 Å². The van der Waals surface area contributed by atoms with Crippen molar-refractivity contribution in [1.82, 2.24) is 15.2 Å². The fourth-order valence-electron chi connectivity index (χ4n) is 2.33. The molecule has 0 spiro atoms. The number of rotatable bonds is 7. The van der Waals surface area contributed by atoms with Gasteiger partial charge in [-0.25, -0.2) is 4.98 Å². The molecule has 0 aliphatic rings. The van der Waals surface area contributed by atoms with Crippen molar-refractivity contribution in [1.29, 1.82) is 0 Å². The molecule has 9 heteroatoms. The molecular weight excluding hydrogens is 416 g/mol. The molecule has 5 nitrogen and oxygen atoms in total.